The predicted octanol–water partition coefficient (Wildman–Crippen LogP) is 4.80. The molecule has 6 heteroatoms. The van der Waals surface area contributed by atoms with Crippen LogP contribution in [-0.2, 0) is 19.1 Å². The number of rotatable bonds is 14. The lowest BCUT2D eigenvalue weighted by molar-refractivity contribution is -0.154. The van der Waals surface area contributed by atoms with E-state index in [1.54, 1.807) is 0 Å². The molecule has 0 fully saturated rings. The molecule has 0 bridgehead atoms. The van der Waals surface area contributed by atoms with E-state index in [2.05, 4.69) is 0 Å². The number of hydrogen-bond donors (Lipinski definition) is 0. The fraction of sp³-hybridized carbons (Fsp3) is 0.895. The number of esters is 2. The minimum absolute atomic E-state index is 0.102. The van der Waals surface area contributed by atoms with Gasteiger partial charge in [0.1, 0.15) is 0 Å². The maximum absolute atomic E-state index is 11.8. The molecule has 0 aromatic heterocycles. The molecule has 0 spiro atoms. The number of carbonyl (C=O) groups excluding carboxylic acids is 2. The molecule has 25 heavy (non-hydrogen) atoms. The standard InChI is InChI=1S/C19H36O4S2/c1-7-22-16(20)18(3,4)10-14-24-12-9-13-25-15-11-19(5,6)17(21)23-8-2/h7-15H2,1-6H3. The fourth-order valence-electron chi connectivity index (χ4n) is 1.98. The smallest absolute Gasteiger partial charge is 0.311 e. The first-order valence-electron chi connectivity index (χ1n) is 9.17. The second kappa shape index (κ2) is 12.9. The SMILES string of the molecule is CCOC(=O)C(C)(C)CCSCCCSCCC(C)(C)C(=O)OCC. The highest BCUT2D eigenvalue weighted by molar-refractivity contribution is 8.00. The van der Waals surface area contributed by atoms with E-state index in [1.165, 1.54) is 0 Å². The lowest BCUT2D eigenvalue weighted by Gasteiger charge is -2.22. The number of thioether (sulfide) groups is 2. The van der Waals surface area contributed by atoms with Crippen molar-refractivity contribution in [3.8, 4) is 0 Å². The van der Waals surface area contributed by atoms with Crippen molar-refractivity contribution in [2.45, 2.75) is 60.8 Å². The summed E-state index contributed by atoms with van der Waals surface area (Å²) in [4.78, 5) is 23.6. The lowest BCUT2D eigenvalue weighted by Crippen LogP contribution is -2.27. The first-order chi connectivity index (χ1) is 11.7. The third-order valence-corrected chi connectivity index (χ3v) is 6.12. The lowest BCUT2D eigenvalue weighted by atomic mass is 9.90. The van der Waals surface area contributed by atoms with Gasteiger partial charge in [0, 0.05) is 0 Å². The Morgan fingerprint density at radius 2 is 1.08 bits per heavy atom. The second-order valence-electron chi connectivity index (χ2n) is 7.29. The molecule has 0 aliphatic heterocycles. The van der Waals surface area contributed by atoms with E-state index in [0.717, 1.165) is 42.3 Å². The van der Waals surface area contributed by atoms with Gasteiger partial charge in [-0.3, -0.25) is 9.59 Å². The Morgan fingerprint density at radius 3 is 1.40 bits per heavy atom. The van der Waals surface area contributed by atoms with Crippen LogP contribution in [0.2, 0.25) is 0 Å². The van der Waals surface area contributed by atoms with E-state index in [9.17, 15) is 9.59 Å². The predicted molar refractivity (Wildman–Crippen MR) is 109 cm³/mol. The molecule has 0 heterocycles. The summed E-state index contributed by atoms with van der Waals surface area (Å²) in [6.07, 6.45) is 2.84. The van der Waals surface area contributed by atoms with E-state index < -0.39 is 10.8 Å². The molecular formula is C19H36O4S2. The maximum Gasteiger partial charge on any atom is 0.311 e. The van der Waals surface area contributed by atoms with Crippen LogP contribution in [0.25, 0.3) is 0 Å². The molecule has 0 aromatic rings. The van der Waals surface area contributed by atoms with Crippen LogP contribution in [-0.4, -0.2) is 48.2 Å². The molecule has 0 N–H and O–H groups in total. The van der Waals surface area contributed by atoms with Crippen LogP contribution in [0.15, 0.2) is 0 Å². The zero-order valence-electron chi connectivity index (χ0n) is 16.8. The average Bonchev–Trinajstić information content (AvgIpc) is 2.53. The Labute approximate surface area is 162 Å². The minimum atomic E-state index is -0.392. The van der Waals surface area contributed by atoms with Crippen molar-refractivity contribution >= 4 is 35.5 Å². The summed E-state index contributed by atoms with van der Waals surface area (Å²) < 4.78 is 10.2. The van der Waals surface area contributed by atoms with Crippen LogP contribution in [0, 0.1) is 10.8 Å². The molecule has 0 unspecified atom stereocenters. The maximum atomic E-state index is 11.8. The third-order valence-electron chi connectivity index (χ3n) is 3.98. The Balaban J connectivity index is 3.68. The molecular weight excluding hydrogens is 356 g/mol. The van der Waals surface area contributed by atoms with Gasteiger partial charge in [0.25, 0.3) is 0 Å². The van der Waals surface area contributed by atoms with Gasteiger partial charge < -0.3 is 9.47 Å². The van der Waals surface area contributed by atoms with Gasteiger partial charge in [-0.05, 0) is 83.8 Å². The van der Waals surface area contributed by atoms with E-state index >= 15 is 0 Å². The summed E-state index contributed by atoms with van der Waals surface area (Å²) in [6, 6.07) is 0. The van der Waals surface area contributed by atoms with Crippen molar-refractivity contribution in [3.63, 3.8) is 0 Å². The first-order valence-corrected chi connectivity index (χ1v) is 11.5. The van der Waals surface area contributed by atoms with Crippen molar-refractivity contribution in [1.82, 2.24) is 0 Å². The van der Waals surface area contributed by atoms with E-state index in [-0.39, 0.29) is 11.9 Å². The summed E-state index contributed by atoms with van der Waals surface area (Å²) in [7, 11) is 0. The number of carbonyl (C=O) groups is 2. The molecule has 148 valence electrons. The van der Waals surface area contributed by atoms with Crippen LogP contribution in [0.5, 0.6) is 0 Å². The molecule has 0 radical (unpaired) electrons. The quantitative estimate of drug-likeness (QED) is 0.312. The first kappa shape index (κ1) is 24.6. The van der Waals surface area contributed by atoms with E-state index in [4.69, 9.17) is 9.47 Å². The summed E-state index contributed by atoms with van der Waals surface area (Å²) >= 11 is 3.79. The Hall–Kier alpha value is -0.360. The number of hydrogen-bond acceptors (Lipinski definition) is 6. The summed E-state index contributed by atoms with van der Waals surface area (Å²) in [5.41, 5.74) is -0.785. The molecule has 0 amide bonds. The van der Waals surface area contributed by atoms with Crippen molar-refractivity contribution in [2.24, 2.45) is 10.8 Å². The van der Waals surface area contributed by atoms with Gasteiger partial charge in [-0.1, -0.05) is 0 Å². The van der Waals surface area contributed by atoms with Crippen LogP contribution in [0.3, 0.4) is 0 Å². The molecule has 0 rings (SSSR count). The Morgan fingerprint density at radius 1 is 0.720 bits per heavy atom. The fourth-order valence-corrected chi connectivity index (χ4v) is 4.58. The van der Waals surface area contributed by atoms with Gasteiger partial charge in [0.15, 0.2) is 0 Å². The van der Waals surface area contributed by atoms with Crippen molar-refractivity contribution in [2.75, 3.05) is 36.2 Å². The highest BCUT2D eigenvalue weighted by atomic mass is 32.2. The van der Waals surface area contributed by atoms with Crippen molar-refractivity contribution in [3.05, 3.63) is 0 Å². The van der Waals surface area contributed by atoms with Gasteiger partial charge in [-0.2, -0.15) is 23.5 Å². The van der Waals surface area contributed by atoms with Crippen LogP contribution in [0.1, 0.15) is 60.8 Å². The van der Waals surface area contributed by atoms with E-state index in [1.807, 2.05) is 65.1 Å². The molecule has 0 aliphatic carbocycles. The summed E-state index contributed by atoms with van der Waals surface area (Å²) in [6.45, 7) is 12.4. The monoisotopic (exact) mass is 392 g/mol. The minimum Gasteiger partial charge on any atom is -0.466 e. The van der Waals surface area contributed by atoms with Gasteiger partial charge in [0.2, 0.25) is 0 Å². The Bertz CT molecular complexity index is 359. The molecule has 0 atom stereocenters. The molecule has 0 aromatic carbocycles. The van der Waals surface area contributed by atoms with Crippen molar-refractivity contribution in [1.29, 1.82) is 0 Å². The molecule has 0 aliphatic rings. The summed E-state index contributed by atoms with van der Waals surface area (Å²) in [5, 5.41) is 0. The van der Waals surface area contributed by atoms with E-state index in [0.29, 0.717) is 13.2 Å². The zero-order valence-corrected chi connectivity index (χ0v) is 18.4. The van der Waals surface area contributed by atoms with Crippen LogP contribution < -0.4 is 0 Å². The van der Waals surface area contributed by atoms with Gasteiger partial charge in [-0.15, -0.1) is 0 Å². The number of ether oxygens (including phenoxy) is 2. The van der Waals surface area contributed by atoms with Gasteiger partial charge in [0.05, 0.1) is 24.0 Å². The molecule has 0 saturated heterocycles. The topological polar surface area (TPSA) is 52.6 Å². The van der Waals surface area contributed by atoms with Crippen LogP contribution in [0.4, 0.5) is 0 Å². The second-order valence-corrected chi connectivity index (χ2v) is 9.74. The average molecular weight is 393 g/mol. The molecule has 0 saturated carbocycles. The third kappa shape index (κ3) is 11.1. The van der Waals surface area contributed by atoms with Crippen molar-refractivity contribution < 1.29 is 19.1 Å². The highest BCUT2D eigenvalue weighted by Gasteiger charge is 2.29. The highest BCUT2D eigenvalue weighted by Crippen LogP contribution is 2.26. The zero-order chi connectivity index (χ0) is 19.3. The largest absolute Gasteiger partial charge is 0.466 e. The normalized spacial score (nSPS) is 12.1. The molecule has 4 nitrogen and oxygen atoms in total. The van der Waals surface area contributed by atoms with Crippen LogP contribution >= 0.6 is 23.5 Å². The van der Waals surface area contributed by atoms with Gasteiger partial charge in [-0.25, -0.2) is 0 Å². The Kier molecular flexibility index (Phi) is 12.7. The summed E-state index contributed by atoms with van der Waals surface area (Å²) in [5.74, 6) is 3.96. The van der Waals surface area contributed by atoms with Gasteiger partial charge >= 0.3 is 11.9 Å².